The van der Waals surface area contributed by atoms with Gasteiger partial charge < -0.3 is 18.9 Å². The molecule has 1 atom stereocenters. The number of aromatic nitrogens is 1. The number of amides is 1. The normalized spacial score (nSPS) is 24.2. The highest BCUT2D eigenvalue weighted by atomic mass is 16.5. The van der Waals surface area contributed by atoms with Crippen molar-refractivity contribution < 1.29 is 18.8 Å². The maximum Gasteiger partial charge on any atom is 0.259 e. The van der Waals surface area contributed by atoms with E-state index in [0.717, 1.165) is 51.4 Å². The van der Waals surface area contributed by atoms with Crippen LogP contribution in [0.3, 0.4) is 0 Å². The van der Waals surface area contributed by atoms with Gasteiger partial charge in [0.15, 0.2) is 0 Å². The summed E-state index contributed by atoms with van der Waals surface area (Å²) >= 11 is 0. The van der Waals surface area contributed by atoms with Crippen LogP contribution in [-0.2, 0) is 15.9 Å². The number of nitrogens with zero attached hydrogens (tertiary/aromatic N) is 2. The molecule has 0 aromatic carbocycles. The molecule has 0 N–H and O–H groups in total. The fourth-order valence-electron chi connectivity index (χ4n) is 4.29. The largest absolute Gasteiger partial charge is 0.381 e. The van der Waals surface area contributed by atoms with Crippen molar-refractivity contribution in [3.63, 3.8) is 0 Å². The van der Waals surface area contributed by atoms with E-state index in [0.29, 0.717) is 36.0 Å². The molecule has 3 fully saturated rings. The zero-order chi connectivity index (χ0) is 18.1. The zero-order valence-corrected chi connectivity index (χ0v) is 16.0. The van der Waals surface area contributed by atoms with Crippen molar-refractivity contribution in [3.05, 3.63) is 17.0 Å². The number of carbonyl (C=O) groups excluding carboxylic acids is 1. The summed E-state index contributed by atoms with van der Waals surface area (Å²) in [4.78, 5) is 14.8. The van der Waals surface area contributed by atoms with Crippen molar-refractivity contribution in [1.29, 1.82) is 0 Å². The summed E-state index contributed by atoms with van der Waals surface area (Å²) in [5, 5.41) is 4.00. The average molecular weight is 362 g/mol. The lowest BCUT2D eigenvalue weighted by Crippen LogP contribution is -2.66. The average Bonchev–Trinajstić information content (AvgIpc) is 3.21. The zero-order valence-electron chi connectivity index (χ0n) is 16.0. The number of rotatable bonds is 8. The van der Waals surface area contributed by atoms with Gasteiger partial charge in [0, 0.05) is 26.2 Å². The van der Waals surface area contributed by atoms with Crippen LogP contribution in [0.5, 0.6) is 0 Å². The molecule has 4 rings (SSSR count). The Kier molecular flexibility index (Phi) is 5.06. The molecule has 1 aromatic heterocycles. The molecule has 1 aliphatic carbocycles. The van der Waals surface area contributed by atoms with Crippen LogP contribution in [0.15, 0.2) is 4.52 Å². The SMILES string of the molecule is CCCc1onc(C)c1C(=O)N1CC2(C1)OCC[C@@H]2CCOCC1CC1. The van der Waals surface area contributed by atoms with Crippen LogP contribution in [0.1, 0.15) is 60.8 Å². The molecule has 144 valence electrons. The van der Waals surface area contributed by atoms with E-state index < -0.39 is 0 Å². The Bertz CT molecular complexity index is 646. The number of hydrogen-bond acceptors (Lipinski definition) is 5. The minimum atomic E-state index is -0.158. The summed E-state index contributed by atoms with van der Waals surface area (Å²) in [6, 6.07) is 0. The first-order chi connectivity index (χ1) is 12.6. The highest BCUT2D eigenvalue weighted by Gasteiger charge is 2.54. The monoisotopic (exact) mass is 362 g/mol. The van der Waals surface area contributed by atoms with Gasteiger partial charge in [0.25, 0.3) is 5.91 Å². The minimum Gasteiger partial charge on any atom is -0.381 e. The summed E-state index contributed by atoms with van der Waals surface area (Å²) in [5.74, 6) is 2.06. The fraction of sp³-hybridized carbons (Fsp3) is 0.800. The van der Waals surface area contributed by atoms with Crippen LogP contribution in [0.25, 0.3) is 0 Å². The van der Waals surface area contributed by atoms with Crippen molar-refractivity contribution in [2.24, 2.45) is 11.8 Å². The quantitative estimate of drug-likeness (QED) is 0.665. The molecule has 6 heteroatoms. The first kappa shape index (κ1) is 18.0. The van der Waals surface area contributed by atoms with Gasteiger partial charge >= 0.3 is 0 Å². The van der Waals surface area contributed by atoms with Crippen molar-refractivity contribution in [2.45, 2.75) is 58.0 Å². The first-order valence-corrected chi connectivity index (χ1v) is 10.1. The van der Waals surface area contributed by atoms with Gasteiger partial charge in [-0.1, -0.05) is 12.1 Å². The molecule has 26 heavy (non-hydrogen) atoms. The molecule has 0 bridgehead atoms. The van der Waals surface area contributed by atoms with Crippen LogP contribution in [0, 0.1) is 18.8 Å². The maximum atomic E-state index is 12.9. The summed E-state index contributed by atoms with van der Waals surface area (Å²) in [7, 11) is 0. The molecule has 1 spiro atoms. The Balaban J connectivity index is 1.32. The molecule has 0 radical (unpaired) electrons. The Morgan fingerprint density at radius 1 is 1.35 bits per heavy atom. The van der Waals surface area contributed by atoms with Gasteiger partial charge in [-0.25, -0.2) is 0 Å². The summed E-state index contributed by atoms with van der Waals surface area (Å²) in [6.45, 7) is 7.79. The second-order valence-electron chi connectivity index (χ2n) is 8.18. The molecule has 6 nitrogen and oxygen atoms in total. The van der Waals surface area contributed by atoms with Gasteiger partial charge in [-0.05, 0) is 50.9 Å². The van der Waals surface area contributed by atoms with Crippen LogP contribution in [0.2, 0.25) is 0 Å². The topological polar surface area (TPSA) is 64.8 Å². The van der Waals surface area contributed by atoms with Crippen molar-refractivity contribution in [2.75, 3.05) is 32.9 Å². The third kappa shape index (κ3) is 3.41. The standard InChI is InChI=1S/C20H30N2O4/c1-3-4-17-18(14(2)21-26-17)19(23)22-12-20(13-22)16(8-10-25-20)7-9-24-11-15-5-6-15/h15-16H,3-13H2,1-2H3/t16-/m0/s1. The van der Waals surface area contributed by atoms with E-state index in [1.54, 1.807) is 0 Å². The lowest BCUT2D eigenvalue weighted by Gasteiger charge is -2.50. The molecule has 3 heterocycles. The van der Waals surface area contributed by atoms with Crippen molar-refractivity contribution in [3.8, 4) is 0 Å². The van der Waals surface area contributed by atoms with E-state index in [-0.39, 0.29) is 11.5 Å². The van der Waals surface area contributed by atoms with Crippen LogP contribution in [0.4, 0.5) is 0 Å². The summed E-state index contributed by atoms with van der Waals surface area (Å²) < 4.78 is 17.3. The fourth-order valence-corrected chi connectivity index (χ4v) is 4.29. The maximum absolute atomic E-state index is 12.9. The second-order valence-corrected chi connectivity index (χ2v) is 8.18. The molecular formula is C20H30N2O4. The summed E-state index contributed by atoms with van der Waals surface area (Å²) in [6.07, 6.45) is 6.44. The van der Waals surface area contributed by atoms with E-state index in [2.05, 4.69) is 12.1 Å². The lowest BCUT2D eigenvalue weighted by molar-refractivity contribution is -0.120. The highest BCUT2D eigenvalue weighted by Crippen LogP contribution is 2.42. The van der Waals surface area contributed by atoms with E-state index in [1.807, 2.05) is 11.8 Å². The van der Waals surface area contributed by atoms with E-state index in [9.17, 15) is 4.79 Å². The smallest absolute Gasteiger partial charge is 0.259 e. The van der Waals surface area contributed by atoms with Gasteiger partial charge in [-0.2, -0.15) is 0 Å². The number of aryl methyl sites for hydroxylation is 2. The van der Waals surface area contributed by atoms with Gasteiger partial charge in [-0.3, -0.25) is 4.79 Å². The molecule has 3 aliphatic rings. The third-order valence-corrected chi connectivity index (χ3v) is 6.09. The van der Waals surface area contributed by atoms with E-state index in [4.69, 9.17) is 14.0 Å². The highest BCUT2D eigenvalue weighted by molar-refractivity contribution is 5.96. The van der Waals surface area contributed by atoms with Gasteiger partial charge in [0.2, 0.25) is 0 Å². The van der Waals surface area contributed by atoms with Crippen LogP contribution >= 0.6 is 0 Å². The molecule has 0 unspecified atom stereocenters. The second kappa shape index (κ2) is 7.31. The molecule has 1 aromatic rings. The predicted octanol–water partition coefficient (Wildman–Crippen LogP) is 2.98. The Labute approximate surface area is 155 Å². The minimum absolute atomic E-state index is 0.0389. The Morgan fingerprint density at radius 2 is 2.15 bits per heavy atom. The van der Waals surface area contributed by atoms with Crippen molar-refractivity contribution in [1.82, 2.24) is 10.1 Å². The van der Waals surface area contributed by atoms with Gasteiger partial charge in [-0.15, -0.1) is 0 Å². The Hall–Kier alpha value is -1.40. The molecule has 1 saturated carbocycles. The van der Waals surface area contributed by atoms with E-state index >= 15 is 0 Å². The number of carbonyl (C=O) groups is 1. The van der Waals surface area contributed by atoms with Gasteiger partial charge in [0.05, 0.1) is 18.8 Å². The molecule has 1 amide bonds. The molecular weight excluding hydrogens is 332 g/mol. The molecule has 2 saturated heterocycles. The first-order valence-electron chi connectivity index (χ1n) is 10.1. The predicted molar refractivity (Wildman–Crippen MR) is 96.1 cm³/mol. The van der Waals surface area contributed by atoms with Crippen LogP contribution < -0.4 is 0 Å². The lowest BCUT2D eigenvalue weighted by atomic mass is 9.78. The number of likely N-dealkylation sites (tertiary alicyclic amines) is 1. The van der Waals surface area contributed by atoms with Crippen molar-refractivity contribution >= 4 is 5.91 Å². The molecule has 2 aliphatic heterocycles. The number of hydrogen-bond donors (Lipinski definition) is 0. The summed E-state index contributed by atoms with van der Waals surface area (Å²) in [5.41, 5.74) is 1.19. The van der Waals surface area contributed by atoms with Gasteiger partial charge in [0.1, 0.15) is 16.9 Å². The Morgan fingerprint density at radius 3 is 2.88 bits per heavy atom. The number of ether oxygens (including phenoxy) is 2. The van der Waals surface area contributed by atoms with E-state index in [1.165, 1.54) is 12.8 Å². The van der Waals surface area contributed by atoms with Crippen LogP contribution in [-0.4, -0.2) is 54.5 Å². The third-order valence-electron chi connectivity index (χ3n) is 6.09.